The Hall–Kier alpha value is -1.95. The summed E-state index contributed by atoms with van der Waals surface area (Å²) < 4.78 is 12.9. The molecule has 0 spiro atoms. The van der Waals surface area contributed by atoms with Crippen molar-refractivity contribution in [1.82, 2.24) is 9.97 Å². The zero-order chi connectivity index (χ0) is 14.7. The van der Waals surface area contributed by atoms with Gasteiger partial charge in [-0.05, 0) is 37.6 Å². The van der Waals surface area contributed by atoms with E-state index in [1.807, 2.05) is 6.92 Å². The molecule has 0 aliphatic heterocycles. The van der Waals surface area contributed by atoms with Crippen LogP contribution in [0.25, 0.3) is 0 Å². The van der Waals surface area contributed by atoms with E-state index in [1.54, 1.807) is 25.1 Å². The second kappa shape index (κ2) is 6.00. The molecule has 1 aromatic heterocycles. The molecule has 0 saturated heterocycles. The molecule has 0 aliphatic rings. The van der Waals surface area contributed by atoms with Gasteiger partial charge in [0.05, 0.1) is 0 Å². The number of hydrogen-bond donors (Lipinski definition) is 1. The van der Waals surface area contributed by atoms with Crippen LogP contribution in [0.4, 0.5) is 4.39 Å². The predicted molar refractivity (Wildman–Crippen MR) is 75.7 cm³/mol. The average molecular weight is 291 g/mol. The van der Waals surface area contributed by atoms with E-state index in [2.05, 4.69) is 9.97 Å². The lowest BCUT2D eigenvalue weighted by molar-refractivity contribution is -0.117. The third-order valence-corrected chi connectivity index (χ3v) is 3.80. The highest BCUT2D eigenvalue weighted by molar-refractivity contribution is 8.00. The van der Waals surface area contributed by atoms with E-state index < -0.39 is 11.2 Å². The zero-order valence-electron chi connectivity index (χ0n) is 11.1. The lowest BCUT2D eigenvalue weighted by Crippen LogP contribution is -2.19. The minimum atomic E-state index is -0.607. The fourth-order valence-corrected chi connectivity index (χ4v) is 2.87. The van der Waals surface area contributed by atoms with Gasteiger partial charge in [-0.15, -0.1) is 0 Å². The van der Waals surface area contributed by atoms with Crippen molar-refractivity contribution in [2.24, 2.45) is 5.73 Å². The van der Waals surface area contributed by atoms with E-state index in [0.29, 0.717) is 16.4 Å². The summed E-state index contributed by atoms with van der Waals surface area (Å²) in [5.41, 5.74) is 6.91. The molecule has 104 valence electrons. The lowest BCUT2D eigenvalue weighted by atomic mass is 10.1. The highest BCUT2D eigenvalue weighted by atomic mass is 32.2. The van der Waals surface area contributed by atoms with Gasteiger partial charge in [-0.2, -0.15) is 0 Å². The van der Waals surface area contributed by atoms with Gasteiger partial charge in [-0.25, -0.2) is 14.4 Å². The maximum absolute atomic E-state index is 12.9. The van der Waals surface area contributed by atoms with Crippen LogP contribution < -0.4 is 5.73 Å². The Kier molecular flexibility index (Phi) is 4.34. The van der Waals surface area contributed by atoms with Crippen LogP contribution in [-0.4, -0.2) is 15.9 Å². The van der Waals surface area contributed by atoms with Crippen LogP contribution >= 0.6 is 11.8 Å². The van der Waals surface area contributed by atoms with Crippen LogP contribution in [-0.2, 0) is 4.79 Å². The van der Waals surface area contributed by atoms with Crippen molar-refractivity contribution in [2.45, 2.75) is 24.1 Å². The molecule has 4 nitrogen and oxygen atoms in total. The predicted octanol–water partition coefficient (Wildman–Crippen LogP) is 2.55. The van der Waals surface area contributed by atoms with E-state index in [0.717, 1.165) is 5.69 Å². The Labute approximate surface area is 120 Å². The third-order valence-electron chi connectivity index (χ3n) is 2.61. The van der Waals surface area contributed by atoms with Crippen LogP contribution in [0, 0.1) is 19.7 Å². The van der Waals surface area contributed by atoms with Crippen LogP contribution in [0.5, 0.6) is 0 Å². The van der Waals surface area contributed by atoms with Gasteiger partial charge in [-0.1, -0.05) is 23.9 Å². The number of aromatic nitrogens is 2. The molecule has 1 atom stereocenters. The van der Waals surface area contributed by atoms with Crippen LogP contribution in [0.2, 0.25) is 0 Å². The molecule has 0 aliphatic carbocycles. The van der Waals surface area contributed by atoms with Crippen LogP contribution in [0.1, 0.15) is 22.3 Å². The van der Waals surface area contributed by atoms with Crippen molar-refractivity contribution in [3.63, 3.8) is 0 Å². The first-order chi connectivity index (χ1) is 9.45. The molecule has 0 radical (unpaired) electrons. The summed E-state index contributed by atoms with van der Waals surface area (Å²) in [7, 11) is 0. The first-order valence-corrected chi connectivity index (χ1v) is 6.87. The molecule has 0 saturated carbocycles. The van der Waals surface area contributed by atoms with Gasteiger partial charge in [0.1, 0.15) is 21.9 Å². The van der Waals surface area contributed by atoms with E-state index in [-0.39, 0.29) is 5.82 Å². The van der Waals surface area contributed by atoms with E-state index >= 15 is 0 Å². The Bertz CT molecular complexity index is 611. The van der Waals surface area contributed by atoms with Crippen LogP contribution in [0.15, 0.2) is 35.4 Å². The van der Waals surface area contributed by atoms with Crippen molar-refractivity contribution in [3.8, 4) is 0 Å². The molecule has 0 unspecified atom stereocenters. The van der Waals surface area contributed by atoms with Gasteiger partial charge in [0.25, 0.3) is 0 Å². The molecule has 0 fully saturated rings. The summed E-state index contributed by atoms with van der Waals surface area (Å²) in [6.45, 7) is 3.64. The highest BCUT2D eigenvalue weighted by Gasteiger charge is 2.20. The minimum absolute atomic E-state index is 0.351. The number of nitrogens with zero attached hydrogens (tertiary/aromatic N) is 2. The molecular weight excluding hydrogens is 277 g/mol. The van der Waals surface area contributed by atoms with Gasteiger partial charge in [-0.3, -0.25) is 4.79 Å². The first-order valence-electron chi connectivity index (χ1n) is 5.99. The molecule has 2 aromatic rings. The van der Waals surface area contributed by atoms with E-state index in [9.17, 15) is 9.18 Å². The summed E-state index contributed by atoms with van der Waals surface area (Å²) in [5, 5.41) is 0.0624. The number of aryl methyl sites for hydroxylation is 2. The summed E-state index contributed by atoms with van der Waals surface area (Å²) in [5.74, 6) is -0.207. The maximum atomic E-state index is 12.9. The second-order valence-corrected chi connectivity index (χ2v) is 5.47. The number of primary amides is 1. The largest absolute Gasteiger partial charge is 0.368 e. The molecule has 1 aromatic carbocycles. The number of thioether (sulfide) groups is 1. The second-order valence-electron chi connectivity index (χ2n) is 4.35. The smallest absolute Gasteiger partial charge is 0.235 e. The number of carbonyl (C=O) groups is 1. The van der Waals surface area contributed by atoms with Crippen molar-refractivity contribution < 1.29 is 9.18 Å². The number of nitrogens with two attached hydrogens (primary N) is 1. The molecule has 0 bridgehead atoms. The van der Waals surface area contributed by atoms with E-state index in [4.69, 9.17) is 5.73 Å². The standard InChI is InChI=1S/C14H14FN3OS/c1-8-7-12(18-9(2)17-8)20-13(14(16)19)10-3-5-11(15)6-4-10/h3-7,13H,1-2H3,(H2,16,19)/t13-/m0/s1. The molecule has 6 heteroatoms. The zero-order valence-corrected chi connectivity index (χ0v) is 11.9. The fourth-order valence-electron chi connectivity index (χ4n) is 1.79. The highest BCUT2D eigenvalue weighted by Crippen LogP contribution is 2.34. The van der Waals surface area contributed by atoms with Crippen molar-refractivity contribution in [1.29, 1.82) is 0 Å². The summed E-state index contributed by atoms with van der Waals surface area (Å²) >= 11 is 1.24. The SMILES string of the molecule is Cc1cc(S[C@H](C(N)=O)c2ccc(F)cc2)nc(C)n1. The Balaban J connectivity index is 2.30. The van der Waals surface area contributed by atoms with Crippen LogP contribution in [0.3, 0.4) is 0 Å². The number of halogens is 1. The minimum Gasteiger partial charge on any atom is -0.368 e. The molecule has 2 N–H and O–H groups in total. The van der Waals surface area contributed by atoms with Crippen molar-refractivity contribution >= 4 is 17.7 Å². The summed E-state index contributed by atoms with van der Waals surface area (Å²) in [6.07, 6.45) is 0. The van der Waals surface area contributed by atoms with Gasteiger partial charge in [0.2, 0.25) is 5.91 Å². The van der Waals surface area contributed by atoms with Crippen molar-refractivity contribution in [3.05, 3.63) is 53.2 Å². The number of benzene rings is 1. The quantitative estimate of drug-likeness (QED) is 0.694. The third kappa shape index (κ3) is 3.54. The molecule has 20 heavy (non-hydrogen) atoms. The van der Waals surface area contributed by atoms with Gasteiger partial charge in [0.15, 0.2) is 0 Å². The molecule has 1 heterocycles. The average Bonchev–Trinajstić information content (AvgIpc) is 2.36. The number of carbonyl (C=O) groups excluding carboxylic acids is 1. The summed E-state index contributed by atoms with van der Waals surface area (Å²) in [6, 6.07) is 7.51. The van der Waals surface area contributed by atoms with Gasteiger partial charge in [0, 0.05) is 5.69 Å². The topological polar surface area (TPSA) is 68.9 Å². The normalized spacial score (nSPS) is 12.2. The molecule has 1 amide bonds. The number of rotatable bonds is 4. The van der Waals surface area contributed by atoms with Crippen molar-refractivity contribution in [2.75, 3.05) is 0 Å². The fraction of sp³-hybridized carbons (Fsp3) is 0.214. The number of hydrogen-bond acceptors (Lipinski definition) is 4. The molecular formula is C14H14FN3OS. The molecule has 2 rings (SSSR count). The van der Waals surface area contributed by atoms with E-state index in [1.165, 1.54) is 23.9 Å². The summed E-state index contributed by atoms with van der Waals surface area (Å²) in [4.78, 5) is 20.1. The van der Waals surface area contributed by atoms with Gasteiger partial charge < -0.3 is 5.73 Å². The van der Waals surface area contributed by atoms with Gasteiger partial charge >= 0.3 is 0 Å². The number of amides is 1. The Morgan fingerprint density at radius 3 is 2.45 bits per heavy atom. The first kappa shape index (κ1) is 14.5. The maximum Gasteiger partial charge on any atom is 0.235 e. The monoisotopic (exact) mass is 291 g/mol. The Morgan fingerprint density at radius 1 is 1.25 bits per heavy atom. The lowest BCUT2D eigenvalue weighted by Gasteiger charge is -2.13. The Morgan fingerprint density at radius 2 is 1.90 bits per heavy atom.